The van der Waals surface area contributed by atoms with Gasteiger partial charge in [0.05, 0.1) is 0 Å². The van der Waals surface area contributed by atoms with Crippen LogP contribution in [0.3, 0.4) is 0 Å². The van der Waals surface area contributed by atoms with Crippen molar-refractivity contribution in [1.29, 1.82) is 5.26 Å². The summed E-state index contributed by atoms with van der Waals surface area (Å²) in [5.41, 5.74) is 0. The molecule has 3 aromatic carbocycles. The molecule has 0 fully saturated rings. The molecule has 4 nitrogen and oxygen atoms in total. The second-order valence-electron chi connectivity index (χ2n) is 6.05. The molecule has 3 rings (SSSR count). The van der Waals surface area contributed by atoms with Crippen LogP contribution in [-0.4, -0.2) is 31.4 Å². The minimum absolute atomic E-state index is 0.231. The summed E-state index contributed by atoms with van der Waals surface area (Å²) in [4.78, 5) is 4.39. The fourth-order valence-corrected chi connectivity index (χ4v) is 13.8. The molecule has 5 heteroatoms. The number of hydrogen-bond acceptors (Lipinski definition) is 3. The molecule has 138 valence electrons. The summed E-state index contributed by atoms with van der Waals surface area (Å²) < 4.78 is 10.1. The molecule has 0 spiro atoms. The molecule has 0 aliphatic carbocycles. The number of hydrogen-bond donors (Lipinski definition) is 1. The fourth-order valence-electron chi connectivity index (χ4n) is 3.13. The van der Waals surface area contributed by atoms with E-state index in [1.54, 1.807) is 6.08 Å². The van der Waals surface area contributed by atoms with Crippen LogP contribution in [-0.2, 0) is 3.07 Å². The number of nitrogens with one attached hydrogen (secondary N) is 1. The molecule has 3 aromatic rings. The van der Waals surface area contributed by atoms with Crippen molar-refractivity contribution in [2.75, 3.05) is 6.54 Å². The third kappa shape index (κ3) is 4.26. The Bertz CT molecular complexity index is 870. The van der Waals surface area contributed by atoms with Gasteiger partial charge >= 0.3 is 171 Å². The van der Waals surface area contributed by atoms with Crippen molar-refractivity contribution in [1.82, 2.24) is 5.32 Å². The summed E-state index contributed by atoms with van der Waals surface area (Å²) >= 11 is -3.96. The van der Waals surface area contributed by atoms with Gasteiger partial charge in [0, 0.05) is 0 Å². The van der Waals surface area contributed by atoms with Crippen LogP contribution in [0.1, 0.15) is 0 Å². The predicted molar refractivity (Wildman–Crippen MR) is 116 cm³/mol. The van der Waals surface area contributed by atoms with Crippen molar-refractivity contribution in [3.05, 3.63) is 104 Å². The van der Waals surface area contributed by atoms with Gasteiger partial charge in [0.15, 0.2) is 0 Å². The third-order valence-corrected chi connectivity index (χ3v) is 15.6. The van der Waals surface area contributed by atoms with Crippen LogP contribution in [0.5, 0.6) is 0 Å². The van der Waals surface area contributed by atoms with Crippen molar-refractivity contribution >= 4 is 35.6 Å². The van der Waals surface area contributed by atoms with Crippen molar-refractivity contribution in [3.8, 4) is 6.19 Å². The van der Waals surface area contributed by atoms with Crippen LogP contribution in [0.4, 0.5) is 0 Å². The van der Waals surface area contributed by atoms with Crippen LogP contribution in [0.15, 0.2) is 109 Å². The third-order valence-electron chi connectivity index (χ3n) is 4.32. The van der Waals surface area contributed by atoms with Crippen LogP contribution >= 0.6 is 0 Å². The molecular formula is C23H21N3OSn. The molecule has 0 saturated heterocycles. The summed E-state index contributed by atoms with van der Waals surface area (Å²) in [6.07, 6.45) is 3.62. The van der Waals surface area contributed by atoms with Crippen LogP contribution < -0.4 is 16.1 Å². The van der Waals surface area contributed by atoms with Gasteiger partial charge in [-0.15, -0.1) is 0 Å². The van der Waals surface area contributed by atoms with Crippen LogP contribution in [0.2, 0.25) is 0 Å². The van der Waals surface area contributed by atoms with E-state index < -0.39 is 18.8 Å². The van der Waals surface area contributed by atoms with Gasteiger partial charge in [-0.05, 0) is 0 Å². The van der Waals surface area contributed by atoms with Crippen LogP contribution in [0.25, 0.3) is 0 Å². The Morgan fingerprint density at radius 2 is 1.32 bits per heavy atom. The van der Waals surface area contributed by atoms with Gasteiger partial charge in [-0.2, -0.15) is 0 Å². The van der Waals surface area contributed by atoms with Crippen LogP contribution in [0, 0.1) is 11.5 Å². The topological polar surface area (TPSA) is 57.4 Å². The van der Waals surface area contributed by atoms with Gasteiger partial charge in [-0.25, -0.2) is 0 Å². The van der Waals surface area contributed by atoms with Crippen molar-refractivity contribution in [2.45, 2.75) is 0 Å². The minimum atomic E-state index is -3.96. The quantitative estimate of drug-likeness (QED) is 0.149. The first-order valence-corrected chi connectivity index (χ1v) is 14.4. The molecular weight excluding hydrogens is 453 g/mol. The predicted octanol–water partition coefficient (Wildman–Crippen LogP) is 2.28. The standard InChI is InChI=1S/3C6H5.C5H7N3O.Sn/c3*1-2-4-6-5-3-1;1-2-3-7-5(9)8-4-6;/h3*1-5H;2H,1,3H2,(H2,7,8,9);/q;;;;+1/p-1. The zero-order valence-electron chi connectivity index (χ0n) is 15.5. The molecule has 0 amide bonds. The Balaban J connectivity index is 2.28. The number of nitrogens with zero attached hydrogens (tertiary/aromatic N) is 2. The van der Waals surface area contributed by atoms with Crippen molar-refractivity contribution < 1.29 is 3.07 Å². The Hall–Kier alpha value is -3.04. The second-order valence-corrected chi connectivity index (χ2v) is 15.5. The second kappa shape index (κ2) is 9.77. The first-order valence-electron chi connectivity index (χ1n) is 8.97. The molecule has 28 heavy (non-hydrogen) atoms. The van der Waals surface area contributed by atoms with E-state index in [2.05, 4.69) is 53.3 Å². The molecule has 1 N–H and O–H groups in total. The number of nitriles is 1. The number of rotatable bonds is 6. The monoisotopic (exact) mass is 475 g/mol. The van der Waals surface area contributed by atoms with Crippen molar-refractivity contribution in [2.24, 2.45) is 4.99 Å². The molecule has 0 unspecified atom stereocenters. The van der Waals surface area contributed by atoms with Crippen molar-refractivity contribution in [3.63, 3.8) is 0 Å². The number of benzene rings is 3. The van der Waals surface area contributed by atoms with Gasteiger partial charge < -0.3 is 0 Å². The van der Waals surface area contributed by atoms with E-state index in [0.29, 0.717) is 6.54 Å². The van der Waals surface area contributed by atoms with E-state index in [9.17, 15) is 5.26 Å². The van der Waals surface area contributed by atoms with Gasteiger partial charge in [0.2, 0.25) is 0 Å². The Morgan fingerprint density at radius 1 is 0.893 bits per heavy atom. The maximum atomic E-state index is 9.22. The molecule has 0 aromatic heterocycles. The zero-order valence-corrected chi connectivity index (χ0v) is 18.3. The summed E-state index contributed by atoms with van der Waals surface area (Å²) in [5, 5.41) is 11.8. The average Bonchev–Trinajstić information content (AvgIpc) is 2.77. The van der Waals surface area contributed by atoms with E-state index >= 15 is 0 Å². The van der Waals surface area contributed by atoms with E-state index in [1.807, 2.05) is 60.8 Å². The molecule has 0 aliphatic rings. The normalized spacial score (nSPS) is 11.3. The molecule has 0 aliphatic heterocycles. The number of aliphatic imine (C=N–C) groups is 1. The summed E-state index contributed by atoms with van der Waals surface area (Å²) in [5.74, 6) is 0. The average molecular weight is 474 g/mol. The molecule has 0 heterocycles. The summed E-state index contributed by atoms with van der Waals surface area (Å²) in [6.45, 7) is 4.07. The summed E-state index contributed by atoms with van der Waals surface area (Å²) in [7, 11) is 0. The molecule has 0 bridgehead atoms. The molecule has 0 atom stereocenters. The molecule has 0 radical (unpaired) electrons. The van der Waals surface area contributed by atoms with E-state index in [1.165, 1.54) is 0 Å². The first-order chi connectivity index (χ1) is 13.8. The Kier molecular flexibility index (Phi) is 6.88. The SMILES string of the molecule is C=CCN=C(NC#N)[O][Sn]([c]1ccccc1)([c]1ccccc1)[c]1ccccc1. The van der Waals surface area contributed by atoms with Gasteiger partial charge in [-0.1, -0.05) is 0 Å². The van der Waals surface area contributed by atoms with Gasteiger partial charge in [0.25, 0.3) is 0 Å². The maximum absolute atomic E-state index is 9.22. The van der Waals surface area contributed by atoms with E-state index in [0.717, 1.165) is 10.7 Å². The van der Waals surface area contributed by atoms with Gasteiger partial charge in [-0.3, -0.25) is 0 Å². The summed E-state index contributed by atoms with van der Waals surface area (Å²) in [6, 6.07) is 31.0. The number of amidine groups is 1. The first kappa shape index (κ1) is 19.7. The zero-order chi connectivity index (χ0) is 19.7. The Labute approximate surface area is 170 Å². The van der Waals surface area contributed by atoms with Gasteiger partial charge in [0.1, 0.15) is 0 Å². The fraction of sp³-hybridized carbons (Fsp3) is 0.0435. The van der Waals surface area contributed by atoms with E-state index in [-0.39, 0.29) is 6.02 Å². The van der Waals surface area contributed by atoms with E-state index in [4.69, 9.17) is 3.07 Å². The Morgan fingerprint density at radius 3 is 1.68 bits per heavy atom. The molecule has 0 saturated carbocycles.